The molecule has 2 rings (SSSR count). The molecule has 1 aliphatic heterocycles. The quantitative estimate of drug-likeness (QED) is 0.872. The first kappa shape index (κ1) is 13.1. The molecule has 1 aliphatic rings. The number of nitrogens with two attached hydrogens (primary N) is 1. The minimum Gasteiger partial charge on any atom is -0.333 e. The minimum absolute atomic E-state index is 0.0506. The maximum atomic E-state index is 12.3. The van der Waals surface area contributed by atoms with Crippen LogP contribution in [0.25, 0.3) is 0 Å². The molecule has 0 unspecified atom stereocenters. The number of aryl methyl sites for hydroxylation is 2. The second-order valence-electron chi connectivity index (χ2n) is 5.26. The highest BCUT2D eigenvalue weighted by Crippen LogP contribution is 2.25. The lowest BCUT2D eigenvalue weighted by Gasteiger charge is -2.47. The van der Waals surface area contributed by atoms with Crippen LogP contribution in [0.3, 0.4) is 0 Å². The van der Waals surface area contributed by atoms with Crippen LogP contribution < -0.4 is 5.73 Å². The molecule has 5 heteroatoms. The van der Waals surface area contributed by atoms with Crippen molar-refractivity contribution in [3.8, 4) is 0 Å². The Balaban J connectivity index is 2.05. The van der Waals surface area contributed by atoms with Gasteiger partial charge in [0.05, 0.1) is 11.2 Å². The number of amides is 1. The molecule has 1 fully saturated rings. The van der Waals surface area contributed by atoms with Gasteiger partial charge in [0.2, 0.25) is 0 Å². The summed E-state index contributed by atoms with van der Waals surface area (Å²) in [5, 5.41) is 4.30. The van der Waals surface area contributed by atoms with Gasteiger partial charge < -0.3 is 10.6 Å². The normalized spacial score (nSPS) is 17.7. The Bertz CT molecular complexity index is 446. The zero-order valence-electron chi connectivity index (χ0n) is 11.4. The van der Waals surface area contributed by atoms with Gasteiger partial charge in [-0.25, -0.2) is 0 Å². The average Bonchev–Trinajstić information content (AvgIpc) is 2.66. The van der Waals surface area contributed by atoms with Crippen LogP contribution in [0.15, 0.2) is 6.07 Å². The molecular weight excluding hydrogens is 228 g/mol. The van der Waals surface area contributed by atoms with Crippen LogP contribution in [0.5, 0.6) is 0 Å². The molecule has 0 bridgehead atoms. The Morgan fingerprint density at radius 1 is 1.50 bits per heavy atom. The standard InChI is InChI=1S/C13H22N4O/c1-4-6-13(14)8-16(9-13)12(18)11-7-10(3)15-17(11)5-2/h7H,4-6,8-9,14H2,1-3H3. The van der Waals surface area contributed by atoms with Gasteiger partial charge in [-0.1, -0.05) is 13.3 Å². The molecule has 1 amide bonds. The van der Waals surface area contributed by atoms with E-state index in [1.807, 2.05) is 24.8 Å². The molecule has 2 heterocycles. The molecule has 2 N–H and O–H groups in total. The van der Waals surface area contributed by atoms with Crippen molar-refractivity contribution in [3.05, 3.63) is 17.5 Å². The number of aromatic nitrogens is 2. The fourth-order valence-corrected chi connectivity index (χ4v) is 2.63. The molecule has 1 aromatic rings. The van der Waals surface area contributed by atoms with Crippen molar-refractivity contribution in [2.45, 2.75) is 45.7 Å². The largest absolute Gasteiger partial charge is 0.333 e. The Hall–Kier alpha value is -1.36. The summed E-state index contributed by atoms with van der Waals surface area (Å²) in [6, 6.07) is 1.85. The van der Waals surface area contributed by atoms with Gasteiger partial charge in [-0.3, -0.25) is 9.48 Å². The van der Waals surface area contributed by atoms with E-state index in [1.165, 1.54) is 0 Å². The van der Waals surface area contributed by atoms with Crippen LogP contribution in [0.2, 0.25) is 0 Å². The summed E-state index contributed by atoms with van der Waals surface area (Å²) in [6.45, 7) is 8.05. The summed E-state index contributed by atoms with van der Waals surface area (Å²) in [4.78, 5) is 14.1. The second-order valence-corrected chi connectivity index (χ2v) is 5.26. The molecule has 0 aromatic carbocycles. The van der Waals surface area contributed by atoms with E-state index in [1.54, 1.807) is 4.68 Å². The SMILES string of the molecule is CCCC1(N)CN(C(=O)c2cc(C)nn2CC)C1. The van der Waals surface area contributed by atoms with E-state index in [2.05, 4.69) is 12.0 Å². The van der Waals surface area contributed by atoms with Crippen molar-refractivity contribution in [1.29, 1.82) is 0 Å². The highest BCUT2D eigenvalue weighted by atomic mass is 16.2. The highest BCUT2D eigenvalue weighted by Gasteiger charge is 2.41. The van der Waals surface area contributed by atoms with Gasteiger partial charge in [-0.05, 0) is 26.3 Å². The van der Waals surface area contributed by atoms with Crippen LogP contribution in [-0.4, -0.2) is 39.2 Å². The summed E-state index contributed by atoms with van der Waals surface area (Å²) in [6.07, 6.45) is 2.04. The maximum Gasteiger partial charge on any atom is 0.272 e. The average molecular weight is 250 g/mol. The lowest BCUT2D eigenvalue weighted by Crippen LogP contribution is -2.68. The van der Waals surface area contributed by atoms with E-state index in [0.717, 1.165) is 18.5 Å². The molecule has 18 heavy (non-hydrogen) atoms. The summed E-state index contributed by atoms with van der Waals surface area (Å²) in [7, 11) is 0. The van der Waals surface area contributed by atoms with Crippen molar-refractivity contribution in [2.24, 2.45) is 5.73 Å². The lowest BCUT2D eigenvalue weighted by atomic mass is 9.86. The van der Waals surface area contributed by atoms with Crippen molar-refractivity contribution in [3.63, 3.8) is 0 Å². The maximum absolute atomic E-state index is 12.3. The Morgan fingerprint density at radius 3 is 2.72 bits per heavy atom. The van der Waals surface area contributed by atoms with E-state index in [-0.39, 0.29) is 11.4 Å². The number of likely N-dealkylation sites (tertiary alicyclic amines) is 1. The molecule has 0 aliphatic carbocycles. The number of hydrogen-bond acceptors (Lipinski definition) is 3. The highest BCUT2D eigenvalue weighted by molar-refractivity contribution is 5.93. The van der Waals surface area contributed by atoms with E-state index < -0.39 is 0 Å². The summed E-state index contributed by atoms with van der Waals surface area (Å²) < 4.78 is 1.76. The van der Waals surface area contributed by atoms with Crippen molar-refractivity contribution < 1.29 is 4.79 Å². The summed E-state index contributed by atoms with van der Waals surface area (Å²) >= 11 is 0. The summed E-state index contributed by atoms with van der Waals surface area (Å²) in [5.41, 5.74) is 7.57. The zero-order chi connectivity index (χ0) is 13.3. The molecule has 1 saturated heterocycles. The van der Waals surface area contributed by atoms with Gasteiger partial charge in [0.15, 0.2) is 0 Å². The third-order valence-corrected chi connectivity index (χ3v) is 3.47. The first-order valence-corrected chi connectivity index (χ1v) is 6.61. The number of carbonyl (C=O) groups excluding carboxylic acids is 1. The van der Waals surface area contributed by atoms with Gasteiger partial charge in [0.25, 0.3) is 5.91 Å². The van der Waals surface area contributed by atoms with Crippen molar-refractivity contribution in [1.82, 2.24) is 14.7 Å². The number of carbonyl (C=O) groups is 1. The zero-order valence-corrected chi connectivity index (χ0v) is 11.4. The van der Waals surface area contributed by atoms with Gasteiger partial charge >= 0.3 is 0 Å². The topological polar surface area (TPSA) is 64.2 Å². The predicted octanol–water partition coefficient (Wildman–Crippen LogP) is 1.16. The van der Waals surface area contributed by atoms with E-state index in [0.29, 0.717) is 25.3 Å². The van der Waals surface area contributed by atoms with Crippen molar-refractivity contribution in [2.75, 3.05) is 13.1 Å². The summed E-state index contributed by atoms with van der Waals surface area (Å²) in [5.74, 6) is 0.0506. The van der Waals surface area contributed by atoms with E-state index in [9.17, 15) is 4.79 Å². The first-order chi connectivity index (χ1) is 8.49. The number of hydrogen-bond donors (Lipinski definition) is 1. The monoisotopic (exact) mass is 250 g/mol. The number of nitrogens with zero attached hydrogens (tertiary/aromatic N) is 3. The van der Waals surface area contributed by atoms with Gasteiger partial charge in [-0.15, -0.1) is 0 Å². The third kappa shape index (κ3) is 2.27. The molecule has 5 nitrogen and oxygen atoms in total. The second kappa shape index (κ2) is 4.72. The molecule has 0 saturated carbocycles. The molecule has 0 spiro atoms. The van der Waals surface area contributed by atoms with Gasteiger partial charge in [-0.2, -0.15) is 5.10 Å². The van der Waals surface area contributed by atoms with Gasteiger partial charge in [0.1, 0.15) is 5.69 Å². The van der Waals surface area contributed by atoms with Crippen LogP contribution in [-0.2, 0) is 6.54 Å². The van der Waals surface area contributed by atoms with Crippen LogP contribution in [0, 0.1) is 6.92 Å². The Kier molecular flexibility index (Phi) is 3.43. The molecular formula is C13H22N4O. The smallest absolute Gasteiger partial charge is 0.272 e. The lowest BCUT2D eigenvalue weighted by molar-refractivity contribution is 0.0375. The van der Waals surface area contributed by atoms with Crippen LogP contribution in [0.1, 0.15) is 42.9 Å². The van der Waals surface area contributed by atoms with Crippen LogP contribution >= 0.6 is 0 Å². The van der Waals surface area contributed by atoms with Crippen LogP contribution in [0.4, 0.5) is 0 Å². The Labute approximate surface area is 108 Å². The molecule has 0 atom stereocenters. The first-order valence-electron chi connectivity index (χ1n) is 6.61. The molecule has 100 valence electrons. The number of rotatable bonds is 4. The fraction of sp³-hybridized carbons (Fsp3) is 0.692. The Morgan fingerprint density at radius 2 is 2.17 bits per heavy atom. The van der Waals surface area contributed by atoms with E-state index >= 15 is 0 Å². The molecule has 1 aromatic heterocycles. The molecule has 0 radical (unpaired) electrons. The fourth-order valence-electron chi connectivity index (χ4n) is 2.63. The van der Waals surface area contributed by atoms with Crippen molar-refractivity contribution >= 4 is 5.91 Å². The van der Waals surface area contributed by atoms with E-state index in [4.69, 9.17) is 5.73 Å². The minimum atomic E-state index is -0.170. The third-order valence-electron chi connectivity index (χ3n) is 3.47. The predicted molar refractivity (Wildman–Crippen MR) is 70.4 cm³/mol. The van der Waals surface area contributed by atoms with Gasteiger partial charge in [0, 0.05) is 19.6 Å².